The molecular weight excluding hydrogens is 332 g/mol. The first-order chi connectivity index (χ1) is 12.2. The summed E-state index contributed by atoms with van der Waals surface area (Å²) in [7, 11) is 0. The standard InChI is InChI=1S/C20H21N2O2S/c1-4-22-13-17(20(23)24-5-2)19(25-3)16-7-6-15(12-18(16)22)14-8-10-21-11-9-14/h6-13H,4-5H2,1-3H3/q+1. The third kappa shape index (κ3) is 3.37. The van der Waals surface area contributed by atoms with Crippen molar-refractivity contribution in [1.82, 2.24) is 4.98 Å². The second-order valence-electron chi connectivity index (χ2n) is 5.55. The summed E-state index contributed by atoms with van der Waals surface area (Å²) in [5.74, 6) is -0.269. The zero-order valence-electron chi connectivity index (χ0n) is 14.7. The number of hydrogen-bond donors (Lipinski definition) is 0. The molecule has 0 saturated heterocycles. The van der Waals surface area contributed by atoms with E-state index in [0.717, 1.165) is 33.5 Å². The van der Waals surface area contributed by atoms with E-state index in [1.807, 2.05) is 31.5 Å². The number of aromatic nitrogens is 2. The number of rotatable bonds is 5. The minimum Gasteiger partial charge on any atom is -0.462 e. The van der Waals surface area contributed by atoms with Crippen molar-refractivity contribution in [3.63, 3.8) is 0 Å². The highest BCUT2D eigenvalue weighted by Crippen LogP contribution is 2.31. The van der Waals surface area contributed by atoms with Gasteiger partial charge >= 0.3 is 5.97 Å². The van der Waals surface area contributed by atoms with Crippen LogP contribution in [-0.4, -0.2) is 23.8 Å². The molecule has 0 radical (unpaired) electrons. The third-order valence-corrected chi connectivity index (χ3v) is 4.98. The molecule has 0 spiro atoms. The van der Waals surface area contributed by atoms with Gasteiger partial charge in [0.1, 0.15) is 12.1 Å². The molecule has 2 heterocycles. The number of esters is 1. The van der Waals surface area contributed by atoms with Gasteiger partial charge in [-0.3, -0.25) is 4.98 Å². The van der Waals surface area contributed by atoms with E-state index in [9.17, 15) is 4.79 Å². The molecule has 0 atom stereocenters. The van der Waals surface area contributed by atoms with E-state index in [4.69, 9.17) is 4.74 Å². The van der Waals surface area contributed by atoms with E-state index < -0.39 is 0 Å². The van der Waals surface area contributed by atoms with Gasteiger partial charge in [0.15, 0.2) is 6.20 Å². The van der Waals surface area contributed by atoms with E-state index in [2.05, 4.69) is 34.7 Å². The van der Waals surface area contributed by atoms with Crippen molar-refractivity contribution in [3.8, 4) is 11.1 Å². The molecule has 0 aliphatic heterocycles. The number of fused-ring (bicyclic) bond motifs is 1. The van der Waals surface area contributed by atoms with Crippen LogP contribution >= 0.6 is 11.8 Å². The molecule has 0 fully saturated rings. The molecule has 2 aromatic heterocycles. The van der Waals surface area contributed by atoms with Gasteiger partial charge in [-0.2, -0.15) is 4.57 Å². The van der Waals surface area contributed by atoms with Crippen molar-refractivity contribution in [2.75, 3.05) is 12.9 Å². The number of hydrogen-bond acceptors (Lipinski definition) is 4. The topological polar surface area (TPSA) is 43.1 Å². The lowest BCUT2D eigenvalue weighted by atomic mass is 10.0. The second-order valence-corrected chi connectivity index (χ2v) is 6.37. The van der Waals surface area contributed by atoms with Crippen LogP contribution in [0.15, 0.2) is 53.8 Å². The molecule has 1 aromatic carbocycles. The first-order valence-corrected chi connectivity index (χ1v) is 9.53. The predicted molar refractivity (Wildman–Crippen MR) is 101 cm³/mol. The van der Waals surface area contributed by atoms with Crippen LogP contribution in [0.1, 0.15) is 24.2 Å². The fourth-order valence-corrected chi connectivity index (χ4v) is 3.70. The maximum Gasteiger partial charge on any atom is 0.345 e. The first kappa shape index (κ1) is 17.4. The average molecular weight is 353 g/mol. The maximum atomic E-state index is 12.4. The minimum absolute atomic E-state index is 0.269. The smallest absolute Gasteiger partial charge is 0.345 e. The minimum atomic E-state index is -0.269. The van der Waals surface area contributed by atoms with Gasteiger partial charge in [-0.25, -0.2) is 4.79 Å². The number of pyridine rings is 2. The Labute approximate surface area is 151 Å². The van der Waals surface area contributed by atoms with E-state index in [-0.39, 0.29) is 5.97 Å². The van der Waals surface area contributed by atoms with Crippen molar-refractivity contribution < 1.29 is 14.1 Å². The number of thioether (sulfide) groups is 1. The van der Waals surface area contributed by atoms with Gasteiger partial charge < -0.3 is 4.74 Å². The molecule has 0 unspecified atom stereocenters. The van der Waals surface area contributed by atoms with Crippen molar-refractivity contribution in [2.24, 2.45) is 0 Å². The van der Waals surface area contributed by atoms with Gasteiger partial charge in [-0.05, 0) is 49.4 Å². The number of aryl methyl sites for hydroxylation is 1. The number of nitrogens with zero attached hydrogens (tertiary/aromatic N) is 2. The van der Waals surface area contributed by atoms with E-state index in [0.29, 0.717) is 12.2 Å². The van der Waals surface area contributed by atoms with Crippen LogP contribution < -0.4 is 4.57 Å². The SMILES string of the molecule is CCOC(=O)c1c[n+](CC)c2cc(-c3ccncc3)ccc2c1SC. The van der Waals surface area contributed by atoms with Gasteiger partial charge in [0.2, 0.25) is 5.52 Å². The Hall–Kier alpha value is -2.40. The Balaban J connectivity index is 2.24. The highest BCUT2D eigenvalue weighted by molar-refractivity contribution is 7.98. The fraction of sp³-hybridized carbons (Fsp3) is 0.250. The molecule has 3 aromatic rings. The number of ether oxygens (including phenoxy) is 1. The largest absolute Gasteiger partial charge is 0.462 e. The summed E-state index contributed by atoms with van der Waals surface area (Å²) in [5, 5.41) is 1.07. The normalized spacial score (nSPS) is 10.8. The summed E-state index contributed by atoms with van der Waals surface area (Å²) in [5.41, 5.74) is 3.99. The van der Waals surface area contributed by atoms with Gasteiger partial charge in [0.05, 0.1) is 12.0 Å². The van der Waals surface area contributed by atoms with Crippen molar-refractivity contribution in [2.45, 2.75) is 25.3 Å². The number of carbonyl (C=O) groups excluding carboxylic acids is 1. The Bertz CT molecular complexity index is 910. The Kier molecular flexibility index (Phi) is 5.34. The zero-order valence-corrected chi connectivity index (χ0v) is 15.5. The van der Waals surface area contributed by atoms with E-state index >= 15 is 0 Å². The summed E-state index contributed by atoms with van der Waals surface area (Å²) >= 11 is 1.58. The fourth-order valence-electron chi connectivity index (χ4n) is 2.95. The van der Waals surface area contributed by atoms with Crippen molar-refractivity contribution >= 4 is 28.6 Å². The molecule has 3 rings (SSSR count). The maximum absolute atomic E-state index is 12.4. The van der Waals surface area contributed by atoms with Crippen LogP contribution in [0, 0.1) is 0 Å². The quantitative estimate of drug-likeness (QED) is 0.393. The molecule has 128 valence electrons. The monoisotopic (exact) mass is 353 g/mol. The molecule has 0 aliphatic rings. The second kappa shape index (κ2) is 7.66. The average Bonchev–Trinajstić information content (AvgIpc) is 2.67. The van der Waals surface area contributed by atoms with Gasteiger partial charge in [-0.15, -0.1) is 11.8 Å². The van der Waals surface area contributed by atoms with Crippen LogP contribution in [-0.2, 0) is 11.3 Å². The van der Waals surface area contributed by atoms with Gasteiger partial charge in [-0.1, -0.05) is 6.07 Å². The van der Waals surface area contributed by atoms with Crippen molar-refractivity contribution in [1.29, 1.82) is 0 Å². The Morgan fingerprint density at radius 2 is 1.92 bits per heavy atom. The summed E-state index contributed by atoms with van der Waals surface area (Å²) in [4.78, 5) is 17.4. The highest BCUT2D eigenvalue weighted by Gasteiger charge is 2.23. The Morgan fingerprint density at radius 3 is 2.56 bits per heavy atom. The first-order valence-electron chi connectivity index (χ1n) is 8.31. The van der Waals surface area contributed by atoms with E-state index in [1.165, 1.54) is 0 Å². The number of benzene rings is 1. The third-order valence-electron chi connectivity index (χ3n) is 4.14. The summed E-state index contributed by atoms with van der Waals surface area (Å²) in [6, 6.07) is 10.3. The summed E-state index contributed by atoms with van der Waals surface area (Å²) < 4.78 is 7.34. The van der Waals surface area contributed by atoms with Crippen LogP contribution in [0.2, 0.25) is 0 Å². The lowest BCUT2D eigenvalue weighted by molar-refractivity contribution is -0.668. The van der Waals surface area contributed by atoms with Gasteiger partial charge in [0.25, 0.3) is 0 Å². The molecule has 0 saturated carbocycles. The Morgan fingerprint density at radius 1 is 1.16 bits per heavy atom. The molecule has 0 amide bonds. The molecule has 0 bridgehead atoms. The summed E-state index contributed by atoms with van der Waals surface area (Å²) in [6.45, 7) is 5.05. The molecule has 5 heteroatoms. The van der Waals surface area contributed by atoms with Crippen molar-refractivity contribution in [3.05, 3.63) is 54.5 Å². The van der Waals surface area contributed by atoms with Gasteiger partial charge in [0, 0.05) is 23.4 Å². The van der Waals surface area contributed by atoms with Crippen LogP contribution in [0.4, 0.5) is 0 Å². The molecule has 4 nitrogen and oxygen atoms in total. The lowest BCUT2D eigenvalue weighted by Gasteiger charge is -2.11. The summed E-state index contributed by atoms with van der Waals surface area (Å²) in [6.07, 6.45) is 7.49. The lowest BCUT2D eigenvalue weighted by Crippen LogP contribution is -2.34. The van der Waals surface area contributed by atoms with Crippen LogP contribution in [0.25, 0.3) is 22.0 Å². The molecule has 25 heavy (non-hydrogen) atoms. The number of carbonyl (C=O) groups is 1. The van der Waals surface area contributed by atoms with Crippen LogP contribution in [0.3, 0.4) is 0 Å². The molecular formula is C20H21N2O2S+. The van der Waals surface area contributed by atoms with Crippen LogP contribution in [0.5, 0.6) is 0 Å². The molecule has 0 N–H and O–H groups in total. The zero-order chi connectivity index (χ0) is 17.8. The van der Waals surface area contributed by atoms with E-state index in [1.54, 1.807) is 24.2 Å². The molecule has 0 aliphatic carbocycles. The predicted octanol–water partition coefficient (Wildman–Crippen LogP) is 4.11. The highest BCUT2D eigenvalue weighted by atomic mass is 32.2.